The van der Waals surface area contributed by atoms with Gasteiger partial charge in [-0.1, -0.05) is 46.5 Å². The molecule has 0 heterocycles. The molecule has 0 N–H and O–H groups in total. The van der Waals surface area contributed by atoms with Crippen LogP contribution < -0.4 is 0 Å². The first-order valence-electron chi connectivity index (χ1n) is 5.66. The van der Waals surface area contributed by atoms with Crippen LogP contribution in [0, 0.1) is 11.3 Å². The molecule has 78 valence electrons. The molecule has 2 atom stereocenters. The van der Waals surface area contributed by atoms with Crippen molar-refractivity contribution in [3.05, 3.63) is 0 Å². The Labute approximate surface area is 88.1 Å². The molecule has 1 rings (SSSR count). The summed E-state index contributed by atoms with van der Waals surface area (Å²) in [5.74, 6) is 0.717. The smallest absolute Gasteiger partial charge is 0.0369 e. The third-order valence-corrected chi connectivity index (χ3v) is 3.82. The summed E-state index contributed by atoms with van der Waals surface area (Å²) in [7, 11) is 0. The van der Waals surface area contributed by atoms with Gasteiger partial charge >= 0.3 is 0 Å². The van der Waals surface area contributed by atoms with Crippen molar-refractivity contribution in [3.8, 4) is 0 Å². The van der Waals surface area contributed by atoms with Crippen molar-refractivity contribution in [2.24, 2.45) is 11.3 Å². The van der Waals surface area contributed by atoms with Crippen LogP contribution in [0.3, 0.4) is 0 Å². The van der Waals surface area contributed by atoms with E-state index in [-0.39, 0.29) is 0 Å². The van der Waals surface area contributed by atoms with Gasteiger partial charge in [-0.15, -0.1) is 11.6 Å². The van der Waals surface area contributed by atoms with Crippen molar-refractivity contribution in [2.45, 2.75) is 64.7 Å². The number of halogens is 1. The Bertz CT molecular complexity index is 146. The lowest BCUT2D eigenvalue weighted by atomic mass is 9.73. The lowest BCUT2D eigenvalue weighted by molar-refractivity contribution is 0.198. The van der Waals surface area contributed by atoms with E-state index in [0.29, 0.717) is 10.8 Å². The number of alkyl halides is 1. The van der Waals surface area contributed by atoms with Crippen LogP contribution in [0.15, 0.2) is 0 Å². The van der Waals surface area contributed by atoms with Crippen molar-refractivity contribution in [2.75, 3.05) is 0 Å². The Hall–Kier alpha value is 0.290. The Morgan fingerprint density at radius 3 is 2.00 bits per heavy atom. The second-order valence-corrected chi connectivity index (χ2v) is 6.04. The molecule has 0 amide bonds. The summed E-state index contributed by atoms with van der Waals surface area (Å²) >= 11 is 6.44. The van der Waals surface area contributed by atoms with E-state index < -0.39 is 0 Å². The Balaban J connectivity index is 2.56. The molecule has 0 aromatic carbocycles. The molecule has 0 aromatic heterocycles. The molecule has 1 saturated carbocycles. The first kappa shape index (κ1) is 11.4. The molecule has 1 heteroatoms. The van der Waals surface area contributed by atoms with Crippen LogP contribution in [0.1, 0.15) is 59.3 Å². The Morgan fingerprint density at radius 2 is 1.46 bits per heavy atom. The van der Waals surface area contributed by atoms with Gasteiger partial charge in [0.25, 0.3) is 0 Å². The maximum Gasteiger partial charge on any atom is 0.0369 e. The van der Waals surface area contributed by atoms with Crippen LogP contribution in [0.25, 0.3) is 0 Å². The summed E-state index contributed by atoms with van der Waals surface area (Å²) in [5, 5.41) is 0.417. The van der Waals surface area contributed by atoms with Crippen molar-refractivity contribution in [1.29, 1.82) is 0 Å². The fraction of sp³-hybridized carbons (Fsp3) is 1.00. The molecule has 0 saturated heterocycles. The van der Waals surface area contributed by atoms with Gasteiger partial charge in [0.15, 0.2) is 0 Å². The van der Waals surface area contributed by atoms with Crippen molar-refractivity contribution >= 4 is 11.6 Å². The van der Waals surface area contributed by atoms with Gasteiger partial charge in [0.1, 0.15) is 0 Å². The van der Waals surface area contributed by atoms with Crippen LogP contribution in [0.4, 0.5) is 0 Å². The topological polar surface area (TPSA) is 0 Å². The number of hydrogen-bond acceptors (Lipinski definition) is 0. The first-order valence-corrected chi connectivity index (χ1v) is 6.09. The third kappa shape index (κ3) is 3.50. The largest absolute Gasteiger partial charge is 0.123 e. The maximum atomic E-state index is 6.44. The highest BCUT2D eigenvalue weighted by Crippen LogP contribution is 2.38. The van der Waals surface area contributed by atoms with Crippen LogP contribution in [-0.4, -0.2) is 5.38 Å². The normalized spacial score (nSPS) is 32.3. The molecule has 13 heavy (non-hydrogen) atoms. The summed E-state index contributed by atoms with van der Waals surface area (Å²) in [6.45, 7) is 6.98. The number of hydrogen-bond donors (Lipinski definition) is 0. The zero-order chi connectivity index (χ0) is 9.90. The predicted molar refractivity (Wildman–Crippen MR) is 60.3 cm³/mol. The van der Waals surface area contributed by atoms with Crippen LogP contribution in [0.2, 0.25) is 0 Å². The van der Waals surface area contributed by atoms with Crippen molar-refractivity contribution in [3.63, 3.8) is 0 Å². The summed E-state index contributed by atoms with van der Waals surface area (Å²) in [4.78, 5) is 0. The van der Waals surface area contributed by atoms with Gasteiger partial charge in [-0.05, 0) is 24.2 Å². The SMILES string of the molecule is CC(C)(C)C1CCCCCCC1Cl. The molecule has 0 radical (unpaired) electrons. The Morgan fingerprint density at radius 1 is 0.923 bits per heavy atom. The minimum Gasteiger partial charge on any atom is -0.123 e. The fourth-order valence-electron chi connectivity index (χ4n) is 2.41. The van der Waals surface area contributed by atoms with Gasteiger partial charge in [-0.25, -0.2) is 0 Å². The average molecular weight is 203 g/mol. The van der Waals surface area contributed by atoms with Gasteiger partial charge in [0.2, 0.25) is 0 Å². The molecule has 0 spiro atoms. The van der Waals surface area contributed by atoms with E-state index in [9.17, 15) is 0 Å². The molecule has 1 aliphatic carbocycles. The lowest BCUT2D eigenvalue weighted by Crippen LogP contribution is -2.29. The van der Waals surface area contributed by atoms with Crippen LogP contribution in [-0.2, 0) is 0 Å². The zero-order valence-electron chi connectivity index (χ0n) is 9.28. The van der Waals surface area contributed by atoms with Crippen LogP contribution >= 0.6 is 11.6 Å². The fourth-order valence-corrected chi connectivity index (χ4v) is 3.07. The predicted octanol–water partition coefficient (Wildman–Crippen LogP) is 4.61. The summed E-state index contributed by atoms with van der Waals surface area (Å²) < 4.78 is 0. The highest BCUT2D eigenvalue weighted by Gasteiger charge is 2.30. The van der Waals surface area contributed by atoms with E-state index in [1.54, 1.807) is 0 Å². The quantitative estimate of drug-likeness (QED) is 0.504. The molecule has 2 unspecified atom stereocenters. The van der Waals surface area contributed by atoms with E-state index in [2.05, 4.69) is 20.8 Å². The molecule has 0 aromatic rings. The lowest BCUT2D eigenvalue weighted by Gasteiger charge is -2.35. The highest BCUT2D eigenvalue weighted by atomic mass is 35.5. The summed E-state index contributed by atoms with van der Waals surface area (Å²) in [6.07, 6.45) is 8.07. The van der Waals surface area contributed by atoms with Gasteiger partial charge in [-0.2, -0.15) is 0 Å². The van der Waals surface area contributed by atoms with Gasteiger partial charge in [-0.3, -0.25) is 0 Å². The number of rotatable bonds is 0. The molecule has 1 fully saturated rings. The molecule has 1 aliphatic rings. The van der Waals surface area contributed by atoms with Gasteiger partial charge in [0, 0.05) is 5.38 Å². The molecule has 0 aliphatic heterocycles. The van der Waals surface area contributed by atoms with E-state index >= 15 is 0 Å². The summed E-state index contributed by atoms with van der Waals surface area (Å²) in [5.41, 5.74) is 0.393. The second kappa shape index (κ2) is 4.68. The highest BCUT2D eigenvalue weighted by molar-refractivity contribution is 6.20. The first-order chi connectivity index (χ1) is 6.02. The van der Waals surface area contributed by atoms with Gasteiger partial charge in [0.05, 0.1) is 0 Å². The van der Waals surface area contributed by atoms with Crippen LogP contribution in [0.5, 0.6) is 0 Å². The van der Waals surface area contributed by atoms with E-state index in [0.717, 1.165) is 5.92 Å². The molecular formula is C12H23Cl. The second-order valence-electron chi connectivity index (χ2n) is 5.48. The minimum atomic E-state index is 0.393. The molecule has 0 bridgehead atoms. The van der Waals surface area contributed by atoms with Gasteiger partial charge < -0.3 is 0 Å². The maximum absolute atomic E-state index is 6.44. The molecule has 0 nitrogen and oxygen atoms in total. The monoisotopic (exact) mass is 202 g/mol. The molecular weight excluding hydrogens is 180 g/mol. The van der Waals surface area contributed by atoms with Crippen molar-refractivity contribution in [1.82, 2.24) is 0 Å². The average Bonchev–Trinajstić information content (AvgIpc) is 1.94. The van der Waals surface area contributed by atoms with E-state index in [1.807, 2.05) is 0 Å². The Kier molecular flexibility index (Phi) is 4.09. The standard InChI is InChI=1S/C12H23Cl/c1-12(2,3)10-8-6-4-5-7-9-11(10)13/h10-11H,4-9H2,1-3H3. The van der Waals surface area contributed by atoms with E-state index in [4.69, 9.17) is 11.6 Å². The third-order valence-electron chi connectivity index (χ3n) is 3.29. The summed E-state index contributed by atoms with van der Waals surface area (Å²) in [6, 6.07) is 0. The van der Waals surface area contributed by atoms with Crippen molar-refractivity contribution < 1.29 is 0 Å². The minimum absolute atomic E-state index is 0.393. The van der Waals surface area contributed by atoms with E-state index in [1.165, 1.54) is 38.5 Å². The zero-order valence-corrected chi connectivity index (χ0v) is 10.0.